The summed E-state index contributed by atoms with van der Waals surface area (Å²) in [6.45, 7) is 3.04. The Balaban J connectivity index is 1.78. The minimum absolute atomic E-state index is 0.0195. The molecule has 0 aliphatic heterocycles. The second kappa shape index (κ2) is 11.7. The standard InChI is InChI=1S/C24H28N2O3S2/c1-3-4-13-26(22(27)16-20-7-5-14-30-20)23(21-8-6-15-31-21)24(28)25-17-18-9-11-19(29-2)12-10-18/h5-12,14-15,23H,3-4,13,16-17H2,1-2H3,(H,25,28)/t23-/m1/s1. The van der Waals surface area contributed by atoms with Crippen LogP contribution >= 0.6 is 22.7 Å². The SMILES string of the molecule is CCCCN(C(=O)Cc1cccs1)[C@@H](C(=O)NCc1ccc(OC)cc1)c1cccs1. The fraction of sp³-hybridized carbons (Fsp3) is 0.333. The van der Waals surface area contributed by atoms with E-state index in [1.165, 1.54) is 11.3 Å². The normalized spacial score (nSPS) is 11.7. The van der Waals surface area contributed by atoms with Crippen molar-refractivity contribution in [3.05, 3.63) is 74.6 Å². The van der Waals surface area contributed by atoms with Crippen molar-refractivity contribution >= 4 is 34.5 Å². The van der Waals surface area contributed by atoms with E-state index in [1.54, 1.807) is 23.3 Å². The van der Waals surface area contributed by atoms with Gasteiger partial charge < -0.3 is 15.0 Å². The summed E-state index contributed by atoms with van der Waals surface area (Å²) in [5.74, 6) is 0.597. The lowest BCUT2D eigenvalue weighted by Gasteiger charge is -2.30. The van der Waals surface area contributed by atoms with E-state index in [0.29, 0.717) is 19.5 Å². The van der Waals surface area contributed by atoms with Gasteiger partial charge in [-0.3, -0.25) is 9.59 Å². The average Bonchev–Trinajstić information content (AvgIpc) is 3.49. The third-order valence-corrected chi connectivity index (χ3v) is 6.78. The number of hydrogen-bond donors (Lipinski definition) is 1. The van der Waals surface area contributed by atoms with Crippen LogP contribution in [-0.4, -0.2) is 30.4 Å². The Labute approximate surface area is 191 Å². The molecule has 0 aliphatic carbocycles. The van der Waals surface area contributed by atoms with Crippen LogP contribution in [0.25, 0.3) is 0 Å². The smallest absolute Gasteiger partial charge is 0.248 e. The zero-order chi connectivity index (χ0) is 22.1. The number of ether oxygens (including phenoxy) is 1. The Hall–Kier alpha value is -2.64. The molecule has 2 amide bonds. The van der Waals surface area contributed by atoms with Crippen molar-refractivity contribution in [2.24, 2.45) is 0 Å². The van der Waals surface area contributed by atoms with Gasteiger partial charge in [0, 0.05) is 22.8 Å². The Morgan fingerprint density at radius 1 is 1.06 bits per heavy atom. The Bertz CT molecular complexity index is 938. The minimum Gasteiger partial charge on any atom is -0.497 e. The molecule has 0 spiro atoms. The first-order chi connectivity index (χ1) is 15.1. The van der Waals surface area contributed by atoms with E-state index in [9.17, 15) is 9.59 Å². The number of hydrogen-bond acceptors (Lipinski definition) is 5. The number of methoxy groups -OCH3 is 1. The molecule has 2 aromatic heterocycles. The van der Waals surface area contributed by atoms with Gasteiger partial charge in [-0.05, 0) is 47.0 Å². The number of unbranched alkanes of at least 4 members (excludes halogenated alkanes) is 1. The highest BCUT2D eigenvalue weighted by atomic mass is 32.1. The Morgan fingerprint density at radius 2 is 1.81 bits per heavy atom. The maximum absolute atomic E-state index is 13.3. The molecule has 5 nitrogen and oxygen atoms in total. The molecule has 0 aliphatic rings. The van der Waals surface area contributed by atoms with E-state index in [4.69, 9.17) is 4.74 Å². The number of nitrogens with one attached hydrogen (secondary N) is 1. The predicted molar refractivity (Wildman–Crippen MR) is 127 cm³/mol. The van der Waals surface area contributed by atoms with Gasteiger partial charge in [-0.25, -0.2) is 0 Å². The highest BCUT2D eigenvalue weighted by molar-refractivity contribution is 7.10. The van der Waals surface area contributed by atoms with Gasteiger partial charge in [-0.2, -0.15) is 0 Å². The predicted octanol–water partition coefficient (Wildman–Crippen LogP) is 5.05. The summed E-state index contributed by atoms with van der Waals surface area (Å²) in [5.41, 5.74) is 0.976. The fourth-order valence-electron chi connectivity index (χ4n) is 3.29. The second-order valence-electron chi connectivity index (χ2n) is 7.18. The van der Waals surface area contributed by atoms with Crippen LogP contribution in [0.1, 0.15) is 41.1 Å². The third-order valence-electron chi connectivity index (χ3n) is 4.98. The number of amides is 2. The lowest BCUT2D eigenvalue weighted by atomic mass is 10.1. The van der Waals surface area contributed by atoms with Gasteiger partial charge in [-0.1, -0.05) is 37.6 Å². The van der Waals surface area contributed by atoms with Crippen LogP contribution in [0.4, 0.5) is 0 Å². The van der Waals surface area contributed by atoms with E-state index < -0.39 is 6.04 Å². The topological polar surface area (TPSA) is 58.6 Å². The van der Waals surface area contributed by atoms with Crippen LogP contribution in [0, 0.1) is 0 Å². The van der Waals surface area contributed by atoms with Crippen molar-refractivity contribution in [3.8, 4) is 5.75 Å². The molecule has 1 aromatic carbocycles. The fourth-order valence-corrected chi connectivity index (χ4v) is 4.82. The molecule has 7 heteroatoms. The molecule has 0 unspecified atom stereocenters. The van der Waals surface area contributed by atoms with Crippen molar-refractivity contribution in [1.29, 1.82) is 0 Å². The summed E-state index contributed by atoms with van der Waals surface area (Å²) < 4.78 is 5.19. The molecule has 0 saturated carbocycles. The van der Waals surface area contributed by atoms with Crippen molar-refractivity contribution < 1.29 is 14.3 Å². The summed E-state index contributed by atoms with van der Waals surface area (Å²) >= 11 is 3.07. The third kappa shape index (κ3) is 6.42. The van der Waals surface area contributed by atoms with Gasteiger partial charge in [0.05, 0.1) is 13.5 Å². The second-order valence-corrected chi connectivity index (χ2v) is 9.19. The molecular weight excluding hydrogens is 428 g/mol. The molecule has 3 aromatic rings. The number of carbonyl (C=O) groups excluding carboxylic acids is 2. The average molecular weight is 457 g/mol. The van der Waals surface area contributed by atoms with Gasteiger partial charge in [-0.15, -0.1) is 22.7 Å². The maximum atomic E-state index is 13.3. The lowest BCUT2D eigenvalue weighted by molar-refractivity contribution is -0.140. The van der Waals surface area contributed by atoms with Gasteiger partial charge >= 0.3 is 0 Å². The number of benzene rings is 1. The molecule has 31 heavy (non-hydrogen) atoms. The monoisotopic (exact) mass is 456 g/mol. The molecule has 3 rings (SSSR count). The quantitative estimate of drug-likeness (QED) is 0.439. The van der Waals surface area contributed by atoms with Crippen LogP contribution in [0.15, 0.2) is 59.3 Å². The van der Waals surface area contributed by atoms with E-state index in [0.717, 1.165) is 33.9 Å². The van der Waals surface area contributed by atoms with Gasteiger partial charge in [0.2, 0.25) is 11.8 Å². The molecule has 0 fully saturated rings. The zero-order valence-electron chi connectivity index (χ0n) is 17.9. The Kier molecular flexibility index (Phi) is 8.67. The molecule has 2 heterocycles. The lowest BCUT2D eigenvalue weighted by Crippen LogP contribution is -2.44. The van der Waals surface area contributed by atoms with Gasteiger partial charge in [0.15, 0.2) is 0 Å². The first-order valence-corrected chi connectivity index (χ1v) is 12.1. The first kappa shape index (κ1) is 23.0. The van der Waals surface area contributed by atoms with Crippen LogP contribution in [0.5, 0.6) is 5.75 Å². The van der Waals surface area contributed by atoms with Gasteiger partial charge in [0.25, 0.3) is 0 Å². The largest absolute Gasteiger partial charge is 0.497 e. The van der Waals surface area contributed by atoms with E-state index in [1.807, 2.05) is 59.3 Å². The van der Waals surface area contributed by atoms with Crippen LogP contribution in [-0.2, 0) is 22.6 Å². The van der Waals surface area contributed by atoms with Crippen LogP contribution in [0.3, 0.4) is 0 Å². The minimum atomic E-state index is -0.628. The molecule has 0 saturated heterocycles. The molecule has 0 radical (unpaired) electrons. The van der Waals surface area contributed by atoms with E-state index >= 15 is 0 Å². The van der Waals surface area contributed by atoms with Crippen LogP contribution < -0.4 is 10.1 Å². The summed E-state index contributed by atoms with van der Waals surface area (Å²) in [5, 5.41) is 6.95. The van der Waals surface area contributed by atoms with Gasteiger partial charge in [0.1, 0.15) is 11.8 Å². The van der Waals surface area contributed by atoms with Crippen molar-refractivity contribution in [1.82, 2.24) is 10.2 Å². The molecular formula is C24H28N2O3S2. The van der Waals surface area contributed by atoms with E-state index in [2.05, 4.69) is 12.2 Å². The number of rotatable bonds is 11. The molecule has 164 valence electrons. The van der Waals surface area contributed by atoms with E-state index in [-0.39, 0.29) is 11.8 Å². The number of carbonyl (C=O) groups is 2. The summed E-state index contributed by atoms with van der Waals surface area (Å²) in [7, 11) is 1.63. The molecule has 0 bridgehead atoms. The van der Waals surface area contributed by atoms with Crippen molar-refractivity contribution in [2.75, 3.05) is 13.7 Å². The molecule has 1 atom stereocenters. The summed E-state index contributed by atoms with van der Waals surface area (Å²) in [6.07, 6.45) is 2.12. The van der Waals surface area contributed by atoms with Crippen LogP contribution in [0.2, 0.25) is 0 Å². The molecule has 1 N–H and O–H groups in total. The Morgan fingerprint density at radius 3 is 2.42 bits per heavy atom. The summed E-state index contributed by atoms with van der Waals surface area (Å²) in [6, 6.07) is 14.7. The van der Waals surface area contributed by atoms with Crippen molar-refractivity contribution in [3.63, 3.8) is 0 Å². The maximum Gasteiger partial charge on any atom is 0.248 e. The first-order valence-electron chi connectivity index (χ1n) is 10.4. The number of thiophene rings is 2. The number of nitrogens with zero attached hydrogens (tertiary/aromatic N) is 1. The highest BCUT2D eigenvalue weighted by Crippen LogP contribution is 2.27. The summed E-state index contributed by atoms with van der Waals surface area (Å²) in [4.78, 5) is 30.2. The zero-order valence-corrected chi connectivity index (χ0v) is 19.5. The highest BCUT2D eigenvalue weighted by Gasteiger charge is 2.31. The van der Waals surface area contributed by atoms with Crippen molar-refractivity contribution in [2.45, 2.75) is 38.8 Å².